The standard InChI is InChI=1S/C60H39NO/c1-2-12-46-36-48(30-26-40(46)10-1)47-13-7-15-52(37-47)61(53-16-8-14-50(38-53)55-19-9-21-59-60(55)56-18-5-6-20-58(56)62-59)51-34-32-42(33-35-51)41-22-24-43(25-23-41)49-31-29-45-28-27-44-11-3-4-17-54(44)57(45)39-49/h1-39H. The van der Waals surface area contributed by atoms with Crippen LogP contribution >= 0.6 is 0 Å². The predicted molar refractivity (Wildman–Crippen MR) is 263 cm³/mol. The molecule has 62 heavy (non-hydrogen) atoms. The Morgan fingerprint density at radius 2 is 0.758 bits per heavy atom. The van der Waals surface area contributed by atoms with E-state index >= 15 is 0 Å². The van der Waals surface area contributed by atoms with E-state index in [0.717, 1.165) is 50.1 Å². The van der Waals surface area contributed by atoms with E-state index in [0.29, 0.717) is 0 Å². The lowest BCUT2D eigenvalue weighted by atomic mass is 9.96. The van der Waals surface area contributed by atoms with Crippen molar-refractivity contribution in [2.45, 2.75) is 0 Å². The van der Waals surface area contributed by atoms with Crippen LogP contribution in [0.3, 0.4) is 0 Å². The van der Waals surface area contributed by atoms with Crippen LogP contribution in [-0.2, 0) is 0 Å². The van der Waals surface area contributed by atoms with E-state index in [1.54, 1.807) is 0 Å². The molecule has 0 unspecified atom stereocenters. The van der Waals surface area contributed by atoms with Crippen molar-refractivity contribution in [1.29, 1.82) is 0 Å². The molecule has 0 fully saturated rings. The highest BCUT2D eigenvalue weighted by Gasteiger charge is 2.18. The first-order valence-electron chi connectivity index (χ1n) is 21.2. The molecule has 0 saturated heterocycles. The van der Waals surface area contributed by atoms with Crippen LogP contribution < -0.4 is 4.90 Å². The zero-order chi connectivity index (χ0) is 41.0. The summed E-state index contributed by atoms with van der Waals surface area (Å²) < 4.78 is 6.31. The maximum atomic E-state index is 6.31. The maximum absolute atomic E-state index is 6.31. The molecule has 0 radical (unpaired) electrons. The molecular formula is C60H39NO. The van der Waals surface area contributed by atoms with E-state index < -0.39 is 0 Å². The van der Waals surface area contributed by atoms with Gasteiger partial charge in [-0.3, -0.25) is 0 Å². The quantitative estimate of drug-likeness (QED) is 0.150. The van der Waals surface area contributed by atoms with Gasteiger partial charge >= 0.3 is 0 Å². The van der Waals surface area contributed by atoms with Gasteiger partial charge in [-0.25, -0.2) is 0 Å². The third-order valence-electron chi connectivity index (χ3n) is 12.4. The Bertz CT molecular complexity index is 3630. The summed E-state index contributed by atoms with van der Waals surface area (Å²) in [4.78, 5) is 2.37. The topological polar surface area (TPSA) is 16.4 Å². The maximum Gasteiger partial charge on any atom is 0.136 e. The second-order valence-corrected chi connectivity index (χ2v) is 16.1. The van der Waals surface area contributed by atoms with Gasteiger partial charge in [0, 0.05) is 27.8 Å². The van der Waals surface area contributed by atoms with Gasteiger partial charge in [0.25, 0.3) is 0 Å². The number of fused-ring (bicyclic) bond motifs is 7. The molecule has 12 aromatic rings. The molecule has 2 nitrogen and oxygen atoms in total. The van der Waals surface area contributed by atoms with Crippen LogP contribution in [0.4, 0.5) is 17.1 Å². The van der Waals surface area contributed by atoms with Crippen molar-refractivity contribution in [2.75, 3.05) is 4.90 Å². The average molecular weight is 790 g/mol. The van der Waals surface area contributed by atoms with Crippen molar-refractivity contribution in [3.05, 3.63) is 237 Å². The van der Waals surface area contributed by atoms with Crippen molar-refractivity contribution in [1.82, 2.24) is 0 Å². The van der Waals surface area contributed by atoms with Crippen LogP contribution in [0.25, 0.3) is 98.8 Å². The van der Waals surface area contributed by atoms with Gasteiger partial charge in [-0.1, -0.05) is 176 Å². The lowest BCUT2D eigenvalue weighted by molar-refractivity contribution is 0.669. The number of anilines is 3. The molecular weight excluding hydrogens is 751 g/mol. The van der Waals surface area contributed by atoms with Crippen molar-refractivity contribution in [3.63, 3.8) is 0 Å². The molecule has 0 aliphatic rings. The van der Waals surface area contributed by atoms with Crippen LogP contribution in [0.15, 0.2) is 241 Å². The second-order valence-electron chi connectivity index (χ2n) is 16.1. The average Bonchev–Trinajstić information content (AvgIpc) is 3.73. The highest BCUT2D eigenvalue weighted by molar-refractivity contribution is 6.13. The van der Waals surface area contributed by atoms with Crippen LogP contribution in [0.2, 0.25) is 0 Å². The summed E-state index contributed by atoms with van der Waals surface area (Å²) >= 11 is 0. The Kier molecular flexibility index (Phi) is 8.53. The third-order valence-corrected chi connectivity index (χ3v) is 12.4. The molecule has 0 atom stereocenters. The minimum atomic E-state index is 0.892. The summed E-state index contributed by atoms with van der Waals surface area (Å²) in [6, 6.07) is 85.6. The Morgan fingerprint density at radius 1 is 0.258 bits per heavy atom. The molecule has 0 amide bonds. The highest BCUT2D eigenvalue weighted by atomic mass is 16.3. The fourth-order valence-corrected chi connectivity index (χ4v) is 9.31. The van der Waals surface area contributed by atoms with E-state index in [9.17, 15) is 0 Å². The molecule has 2 heteroatoms. The third kappa shape index (κ3) is 6.29. The zero-order valence-corrected chi connectivity index (χ0v) is 33.9. The molecule has 0 spiro atoms. The lowest BCUT2D eigenvalue weighted by Crippen LogP contribution is -2.10. The zero-order valence-electron chi connectivity index (χ0n) is 33.9. The molecule has 0 N–H and O–H groups in total. The number of hydrogen-bond acceptors (Lipinski definition) is 2. The fourth-order valence-electron chi connectivity index (χ4n) is 9.31. The van der Waals surface area contributed by atoms with E-state index in [1.165, 1.54) is 65.7 Å². The van der Waals surface area contributed by atoms with Gasteiger partial charge < -0.3 is 9.32 Å². The van der Waals surface area contributed by atoms with Gasteiger partial charge in [0.1, 0.15) is 11.2 Å². The number of furan rings is 1. The fraction of sp³-hybridized carbons (Fsp3) is 0. The molecule has 290 valence electrons. The molecule has 0 aliphatic carbocycles. The first-order valence-corrected chi connectivity index (χ1v) is 21.2. The molecule has 1 aromatic heterocycles. The van der Waals surface area contributed by atoms with Gasteiger partial charge in [0.15, 0.2) is 0 Å². The second kappa shape index (κ2) is 14.8. The van der Waals surface area contributed by atoms with Gasteiger partial charge in [-0.05, 0) is 137 Å². The van der Waals surface area contributed by atoms with Crippen molar-refractivity contribution in [2.24, 2.45) is 0 Å². The highest BCUT2D eigenvalue weighted by Crippen LogP contribution is 2.42. The lowest BCUT2D eigenvalue weighted by Gasteiger charge is -2.27. The summed E-state index contributed by atoms with van der Waals surface area (Å²) in [5.41, 5.74) is 14.4. The molecule has 0 bridgehead atoms. The summed E-state index contributed by atoms with van der Waals surface area (Å²) in [6.45, 7) is 0. The van der Waals surface area contributed by atoms with Crippen LogP contribution in [0.1, 0.15) is 0 Å². The molecule has 0 aliphatic heterocycles. The van der Waals surface area contributed by atoms with E-state index in [1.807, 2.05) is 12.1 Å². The van der Waals surface area contributed by atoms with E-state index in [2.05, 4.69) is 229 Å². The minimum Gasteiger partial charge on any atom is -0.456 e. The van der Waals surface area contributed by atoms with E-state index in [4.69, 9.17) is 4.42 Å². The number of para-hydroxylation sites is 1. The predicted octanol–water partition coefficient (Wildman–Crippen LogP) is 17.2. The SMILES string of the molecule is c1cc(-c2ccc3ccccc3c2)cc(N(c2ccc(-c3ccc(-c4ccc5ccc6ccccc6c5c4)cc3)cc2)c2cccc(-c3cccc4oc5ccccc5c34)c2)c1. The van der Waals surface area contributed by atoms with E-state index in [-0.39, 0.29) is 0 Å². The Balaban J connectivity index is 0.929. The molecule has 11 aromatic carbocycles. The van der Waals surface area contributed by atoms with Gasteiger partial charge in [-0.2, -0.15) is 0 Å². The van der Waals surface area contributed by atoms with Gasteiger partial charge in [0.05, 0.1) is 0 Å². The van der Waals surface area contributed by atoms with Crippen LogP contribution in [-0.4, -0.2) is 0 Å². The summed E-state index contributed by atoms with van der Waals surface area (Å²) in [6.07, 6.45) is 0. The normalized spacial score (nSPS) is 11.5. The largest absolute Gasteiger partial charge is 0.456 e. The Hall–Kier alpha value is -8.20. The first-order chi connectivity index (χ1) is 30.7. The molecule has 12 rings (SSSR count). The number of rotatable bonds is 7. The first kappa shape index (κ1) is 35.7. The Labute approximate surface area is 360 Å². The van der Waals surface area contributed by atoms with Crippen molar-refractivity contribution in [3.8, 4) is 44.5 Å². The number of hydrogen-bond donors (Lipinski definition) is 0. The molecule has 1 heterocycles. The van der Waals surface area contributed by atoms with Crippen molar-refractivity contribution < 1.29 is 4.42 Å². The Morgan fingerprint density at radius 3 is 1.53 bits per heavy atom. The van der Waals surface area contributed by atoms with Crippen LogP contribution in [0, 0.1) is 0 Å². The summed E-state index contributed by atoms with van der Waals surface area (Å²) in [7, 11) is 0. The smallest absolute Gasteiger partial charge is 0.136 e. The van der Waals surface area contributed by atoms with Crippen molar-refractivity contribution >= 4 is 71.3 Å². The summed E-state index contributed by atoms with van der Waals surface area (Å²) in [5, 5.41) is 9.82. The summed E-state index contributed by atoms with van der Waals surface area (Å²) in [5.74, 6) is 0. The molecule has 0 saturated carbocycles. The monoisotopic (exact) mass is 789 g/mol. The van der Waals surface area contributed by atoms with Gasteiger partial charge in [0.2, 0.25) is 0 Å². The van der Waals surface area contributed by atoms with Gasteiger partial charge in [-0.15, -0.1) is 0 Å². The van der Waals surface area contributed by atoms with Crippen LogP contribution in [0.5, 0.6) is 0 Å². The number of benzene rings is 11. The number of nitrogens with zero attached hydrogens (tertiary/aromatic N) is 1. The minimum absolute atomic E-state index is 0.892.